The maximum absolute atomic E-state index is 12.6. The molecule has 3 aromatic rings. The zero-order valence-corrected chi connectivity index (χ0v) is 16.4. The maximum Gasteiger partial charge on any atom is 0.534 e. The van der Waals surface area contributed by atoms with Gasteiger partial charge in [0, 0.05) is 17.1 Å². The molecular weight excluding hydrogens is 413 g/mol. The molecule has 0 atom stereocenters. The fraction of sp³-hybridized carbons (Fsp3) is 0.294. The van der Waals surface area contributed by atoms with E-state index < -0.39 is 21.4 Å². The van der Waals surface area contributed by atoms with Crippen LogP contribution in [0, 0.1) is 6.92 Å². The summed E-state index contributed by atoms with van der Waals surface area (Å²) in [6, 6.07) is 6.88. The Balaban J connectivity index is 2.04. The van der Waals surface area contributed by atoms with Gasteiger partial charge in [0.15, 0.2) is 5.82 Å². The standard InChI is InChI=1S/C17H17F3N4O4S/c1-9(2)27-16-13-5-4-12(28-29(25,26)17(18,19)20)7-11(13)8-14(22-16)21-15-6-10(3)23-24-15/h4-9H,1-3H3,(H2,21,22,23,24). The first kappa shape index (κ1) is 20.7. The molecular formula is C17H17F3N4O4S. The lowest BCUT2D eigenvalue weighted by Gasteiger charge is -2.15. The van der Waals surface area contributed by atoms with Crippen molar-refractivity contribution in [2.45, 2.75) is 32.4 Å². The zero-order valence-electron chi connectivity index (χ0n) is 15.5. The summed E-state index contributed by atoms with van der Waals surface area (Å²) in [6.45, 7) is 5.39. The number of anilines is 2. The summed E-state index contributed by atoms with van der Waals surface area (Å²) in [7, 11) is -5.78. The first-order chi connectivity index (χ1) is 13.4. The number of hydrogen-bond donors (Lipinski definition) is 2. The van der Waals surface area contributed by atoms with Crippen molar-refractivity contribution in [1.29, 1.82) is 0 Å². The van der Waals surface area contributed by atoms with Crippen molar-refractivity contribution in [3.63, 3.8) is 0 Å². The second-order valence-electron chi connectivity index (χ2n) is 6.41. The number of nitrogens with zero attached hydrogens (tertiary/aromatic N) is 2. The van der Waals surface area contributed by atoms with Gasteiger partial charge in [0.2, 0.25) is 5.88 Å². The third kappa shape index (κ3) is 4.70. The third-order valence-electron chi connectivity index (χ3n) is 3.57. The van der Waals surface area contributed by atoms with E-state index in [2.05, 4.69) is 24.7 Å². The Labute approximate surface area is 164 Å². The summed E-state index contributed by atoms with van der Waals surface area (Å²) >= 11 is 0. The molecule has 0 saturated carbocycles. The van der Waals surface area contributed by atoms with Crippen molar-refractivity contribution in [1.82, 2.24) is 15.2 Å². The quantitative estimate of drug-likeness (QED) is 0.449. The number of aromatic amines is 1. The van der Waals surface area contributed by atoms with Gasteiger partial charge in [-0.25, -0.2) is 0 Å². The first-order valence-electron chi connectivity index (χ1n) is 8.36. The molecule has 0 aliphatic heterocycles. The maximum atomic E-state index is 12.6. The molecule has 1 aromatic carbocycles. The van der Waals surface area contributed by atoms with E-state index in [-0.39, 0.29) is 12.0 Å². The lowest BCUT2D eigenvalue weighted by atomic mass is 10.1. The highest BCUT2D eigenvalue weighted by atomic mass is 32.2. The molecule has 8 nitrogen and oxygen atoms in total. The van der Waals surface area contributed by atoms with Crippen LogP contribution in [0.5, 0.6) is 11.6 Å². The van der Waals surface area contributed by atoms with E-state index in [0.29, 0.717) is 22.4 Å². The second-order valence-corrected chi connectivity index (χ2v) is 7.94. The Kier molecular flexibility index (Phi) is 5.30. The highest BCUT2D eigenvalue weighted by molar-refractivity contribution is 7.88. The minimum Gasteiger partial charge on any atom is -0.474 e. The van der Waals surface area contributed by atoms with E-state index in [0.717, 1.165) is 17.8 Å². The number of nitrogens with one attached hydrogen (secondary N) is 2. The van der Waals surface area contributed by atoms with E-state index in [1.54, 1.807) is 19.9 Å². The SMILES string of the molecule is Cc1cc(Nc2cc3cc(OS(=O)(=O)C(F)(F)F)ccc3c(OC(C)C)n2)n[nH]1. The van der Waals surface area contributed by atoms with Crippen molar-refractivity contribution < 1.29 is 30.5 Å². The van der Waals surface area contributed by atoms with Crippen molar-refractivity contribution >= 4 is 32.5 Å². The van der Waals surface area contributed by atoms with E-state index >= 15 is 0 Å². The monoisotopic (exact) mass is 430 g/mol. The van der Waals surface area contributed by atoms with Crippen LogP contribution >= 0.6 is 0 Å². The van der Waals surface area contributed by atoms with Crippen LogP contribution in [0.15, 0.2) is 30.3 Å². The number of rotatable bonds is 6. The molecule has 0 bridgehead atoms. The summed E-state index contributed by atoms with van der Waals surface area (Å²) < 4.78 is 70.2. The van der Waals surface area contributed by atoms with Crippen molar-refractivity contribution in [2.24, 2.45) is 0 Å². The van der Waals surface area contributed by atoms with Gasteiger partial charge < -0.3 is 14.2 Å². The molecule has 156 valence electrons. The zero-order chi connectivity index (χ0) is 21.4. The van der Waals surface area contributed by atoms with Crippen LogP contribution in [0.3, 0.4) is 0 Å². The van der Waals surface area contributed by atoms with Crippen LogP contribution in [0.4, 0.5) is 24.8 Å². The van der Waals surface area contributed by atoms with Crippen LogP contribution in [0.2, 0.25) is 0 Å². The number of H-pyrrole nitrogens is 1. The molecule has 0 amide bonds. The van der Waals surface area contributed by atoms with Crippen molar-refractivity contribution in [3.8, 4) is 11.6 Å². The molecule has 0 aliphatic rings. The Morgan fingerprint density at radius 1 is 1.14 bits per heavy atom. The molecule has 0 aliphatic carbocycles. The Hall–Kier alpha value is -3.02. The number of alkyl halides is 3. The Morgan fingerprint density at radius 3 is 2.45 bits per heavy atom. The third-order valence-corrected chi connectivity index (χ3v) is 4.55. The number of halogens is 3. The topological polar surface area (TPSA) is 106 Å². The molecule has 0 saturated heterocycles. The number of pyridine rings is 1. The molecule has 3 rings (SSSR count). The summed E-state index contributed by atoms with van der Waals surface area (Å²) in [4.78, 5) is 4.36. The predicted molar refractivity (Wildman–Crippen MR) is 99.7 cm³/mol. The summed E-state index contributed by atoms with van der Waals surface area (Å²) in [5, 5.41) is 10.6. The normalized spacial score (nSPS) is 12.4. The van der Waals surface area contributed by atoms with Crippen LogP contribution in [0.25, 0.3) is 10.8 Å². The average Bonchev–Trinajstić information content (AvgIpc) is 2.97. The van der Waals surface area contributed by atoms with Gasteiger partial charge in [-0.05, 0) is 50.4 Å². The molecule has 0 spiro atoms. The molecule has 29 heavy (non-hydrogen) atoms. The van der Waals surface area contributed by atoms with E-state index in [1.807, 2.05) is 6.92 Å². The molecule has 2 N–H and O–H groups in total. The number of ether oxygens (including phenoxy) is 1. The number of fused-ring (bicyclic) bond motifs is 1. The molecule has 12 heteroatoms. The van der Waals surface area contributed by atoms with Gasteiger partial charge in [-0.3, -0.25) is 5.10 Å². The van der Waals surface area contributed by atoms with E-state index in [9.17, 15) is 21.6 Å². The fourth-order valence-corrected chi connectivity index (χ4v) is 2.87. The number of benzene rings is 1. The Morgan fingerprint density at radius 2 is 1.86 bits per heavy atom. The lowest BCUT2D eigenvalue weighted by molar-refractivity contribution is -0.0500. The van der Waals surface area contributed by atoms with Crippen LogP contribution in [0.1, 0.15) is 19.5 Å². The predicted octanol–water partition coefficient (Wildman–Crippen LogP) is 4.03. The lowest BCUT2D eigenvalue weighted by Crippen LogP contribution is -2.28. The molecule has 0 fully saturated rings. The van der Waals surface area contributed by atoms with Gasteiger partial charge in [0.25, 0.3) is 0 Å². The van der Waals surface area contributed by atoms with Crippen molar-refractivity contribution in [2.75, 3.05) is 5.32 Å². The van der Waals surface area contributed by atoms with Gasteiger partial charge >= 0.3 is 15.6 Å². The van der Waals surface area contributed by atoms with E-state index in [1.165, 1.54) is 12.1 Å². The van der Waals surface area contributed by atoms with E-state index in [4.69, 9.17) is 4.74 Å². The highest BCUT2D eigenvalue weighted by Gasteiger charge is 2.48. The Bertz CT molecular complexity index is 1140. The summed E-state index contributed by atoms with van der Waals surface area (Å²) in [5.74, 6) is 0.503. The largest absolute Gasteiger partial charge is 0.534 e. The van der Waals surface area contributed by atoms with Crippen molar-refractivity contribution in [3.05, 3.63) is 36.0 Å². The highest BCUT2D eigenvalue weighted by Crippen LogP contribution is 2.33. The summed E-state index contributed by atoms with van der Waals surface area (Å²) in [5.41, 5.74) is -4.73. The van der Waals surface area contributed by atoms with Crippen LogP contribution in [-0.4, -0.2) is 35.2 Å². The van der Waals surface area contributed by atoms with Crippen LogP contribution in [-0.2, 0) is 10.1 Å². The molecule has 2 heterocycles. The fourth-order valence-electron chi connectivity index (χ4n) is 2.42. The average molecular weight is 430 g/mol. The van der Waals surface area contributed by atoms with Gasteiger partial charge in [-0.15, -0.1) is 0 Å². The first-order valence-corrected chi connectivity index (χ1v) is 9.77. The number of aromatic nitrogens is 3. The minimum absolute atomic E-state index is 0.220. The smallest absolute Gasteiger partial charge is 0.474 e. The van der Waals surface area contributed by atoms with Gasteiger partial charge in [-0.2, -0.15) is 31.7 Å². The van der Waals surface area contributed by atoms with Gasteiger partial charge in [0.05, 0.1) is 6.10 Å². The number of aryl methyl sites for hydroxylation is 1. The van der Waals surface area contributed by atoms with Gasteiger partial charge in [-0.1, -0.05) is 0 Å². The van der Waals surface area contributed by atoms with Gasteiger partial charge in [0.1, 0.15) is 11.6 Å². The minimum atomic E-state index is -5.78. The number of hydrogen-bond acceptors (Lipinski definition) is 7. The molecule has 2 aromatic heterocycles. The second kappa shape index (κ2) is 7.43. The molecule has 0 radical (unpaired) electrons. The van der Waals surface area contributed by atoms with Crippen LogP contribution < -0.4 is 14.2 Å². The summed E-state index contributed by atoms with van der Waals surface area (Å²) in [6.07, 6.45) is -0.227. The molecule has 0 unspecified atom stereocenters.